The molecule has 3 aromatic carbocycles. The summed E-state index contributed by atoms with van der Waals surface area (Å²) in [4.78, 5) is 12.1. The number of carbonyl (C=O) groups is 1. The van der Waals surface area contributed by atoms with Crippen LogP contribution < -0.4 is 20.1 Å². The third kappa shape index (κ3) is 8.15. The summed E-state index contributed by atoms with van der Waals surface area (Å²) in [6.45, 7) is 7.10. The van der Waals surface area contributed by atoms with Gasteiger partial charge in [0.1, 0.15) is 12.4 Å². The van der Waals surface area contributed by atoms with E-state index in [0.717, 1.165) is 21.4 Å². The normalized spacial score (nSPS) is 10.8. The number of benzene rings is 3. The summed E-state index contributed by atoms with van der Waals surface area (Å²) < 4.78 is 25.9. The minimum Gasteiger partial charge on any atom is -0.490 e. The number of hydrogen-bond acceptors (Lipinski definition) is 4. The van der Waals surface area contributed by atoms with Crippen LogP contribution in [0.2, 0.25) is 5.02 Å². The lowest BCUT2D eigenvalue weighted by molar-refractivity contribution is -0.116. The van der Waals surface area contributed by atoms with Crippen LogP contribution in [0, 0.1) is 11.7 Å². The standard InChI is InChI=1S/C27H29BrClFN2O3/c1-4-34-25-11-19(15-31-21-6-5-7-22(13-21)32-27(33)10-17(2)3)23(28)14-26(25)35-16-18-8-9-20(30)12-24(18)29/h5-9,11-14,17,31H,4,10,15-16H2,1-3H3,(H,32,33). The van der Waals surface area contributed by atoms with E-state index in [-0.39, 0.29) is 12.5 Å². The summed E-state index contributed by atoms with van der Waals surface area (Å²) in [7, 11) is 0. The van der Waals surface area contributed by atoms with Gasteiger partial charge in [-0.1, -0.05) is 53.5 Å². The Morgan fingerprint density at radius 2 is 1.77 bits per heavy atom. The molecule has 3 aromatic rings. The monoisotopic (exact) mass is 562 g/mol. The fourth-order valence-corrected chi connectivity index (χ4v) is 4.06. The van der Waals surface area contributed by atoms with Gasteiger partial charge in [-0.05, 0) is 60.9 Å². The van der Waals surface area contributed by atoms with Crippen LogP contribution in [-0.2, 0) is 17.9 Å². The Morgan fingerprint density at radius 3 is 2.49 bits per heavy atom. The first-order valence-electron chi connectivity index (χ1n) is 11.4. The van der Waals surface area contributed by atoms with Crippen molar-refractivity contribution in [3.8, 4) is 11.5 Å². The average Bonchev–Trinajstić information content (AvgIpc) is 2.79. The van der Waals surface area contributed by atoms with E-state index in [0.29, 0.717) is 47.6 Å². The van der Waals surface area contributed by atoms with E-state index in [1.165, 1.54) is 12.1 Å². The number of halogens is 3. The summed E-state index contributed by atoms with van der Waals surface area (Å²) in [6.07, 6.45) is 0.479. The Bertz CT molecular complexity index is 1170. The third-order valence-corrected chi connectivity index (χ3v) is 6.12. The van der Waals surface area contributed by atoms with Crippen LogP contribution in [-0.4, -0.2) is 12.5 Å². The molecule has 5 nitrogen and oxygen atoms in total. The van der Waals surface area contributed by atoms with Crippen LogP contribution in [0.4, 0.5) is 15.8 Å². The smallest absolute Gasteiger partial charge is 0.224 e. The van der Waals surface area contributed by atoms with Crippen molar-refractivity contribution >= 4 is 44.8 Å². The predicted molar refractivity (Wildman–Crippen MR) is 143 cm³/mol. The molecule has 0 unspecified atom stereocenters. The lowest BCUT2D eigenvalue weighted by atomic mass is 10.1. The molecule has 35 heavy (non-hydrogen) atoms. The van der Waals surface area contributed by atoms with E-state index < -0.39 is 5.82 Å². The fourth-order valence-electron chi connectivity index (χ4n) is 3.38. The van der Waals surface area contributed by atoms with Crippen LogP contribution in [0.15, 0.2) is 59.1 Å². The average molecular weight is 564 g/mol. The highest BCUT2D eigenvalue weighted by atomic mass is 79.9. The van der Waals surface area contributed by atoms with E-state index in [4.69, 9.17) is 21.1 Å². The summed E-state index contributed by atoms with van der Waals surface area (Å²) in [5.74, 6) is 1.06. The zero-order valence-electron chi connectivity index (χ0n) is 20.0. The molecule has 0 saturated heterocycles. The minimum atomic E-state index is -0.392. The van der Waals surface area contributed by atoms with E-state index in [2.05, 4.69) is 26.6 Å². The first-order valence-corrected chi connectivity index (χ1v) is 12.6. The topological polar surface area (TPSA) is 59.6 Å². The highest BCUT2D eigenvalue weighted by Gasteiger charge is 2.13. The maximum atomic E-state index is 13.3. The van der Waals surface area contributed by atoms with Crippen LogP contribution in [0.3, 0.4) is 0 Å². The lowest BCUT2D eigenvalue weighted by Gasteiger charge is -2.16. The van der Waals surface area contributed by atoms with E-state index in [1.807, 2.05) is 57.2 Å². The molecule has 0 aliphatic heterocycles. The zero-order chi connectivity index (χ0) is 25.4. The van der Waals surface area contributed by atoms with Crippen molar-refractivity contribution in [1.82, 2.24) is 0 Å². The SMILES string of the molecule is CCOc1cc(CNc2cccc(NC(=O)CC(C)C)c2)c(Br)cc1OCc1ccc(F)cc1Cl. The second-order valence-corrected chi connectivity index (χ2v) is 9.69. The summed E-state index contributed by atoms with van der Waals surface area (Å²) in [5.41, 5.74) is 3.27. The maximum Gasteiger partial charge on any atom is 0.224 e. The molecule has 3 rings (SSSR count). The number of nitrogens with one attached hydrogen (secondary N) is 2. The summed E-state index contributed by atoms with van der Waals surface area (Å²) >= 11 is 9.74. The first kappa shape index (κ1) is 26.8. The zero-order valence-corrected chi connectivity index (χ0v) is 22.3. The summed E-state index contributed by atoms with van der Waals surface area (Å²) in [5, 5.41) is 6.63. The molecular weight excluding hydrogens is 535 g/mol. The van der Waals surface area contributed by atoms with Gasteiger partial charge in [-0.2, -0.15) is 0 Å². The Hall–Kier alpha value is -2.77. The van der Waals surface area contributed by atoms with Crippen molar-refractivity contribution in [3.63, 3.8) is 0 Å². The van der Waals surface area contributed by atoms with Crippen molar-refractivity contribution in [1.29, 1.82) is 0 Å². The fraction of sp³-hybridized carbons (Fsp3) is 0.296. The molecule has 8 heteroatoms. The molecule has 0 atom stereocenters. The quantitative estimate of drug-likeness (QED) is 0.250. The van der Waals surface area contributed by atoms with Crippen LogP contribution >= 0.6 is 27.5 Å². The largest absolute Gasteiger partial charge is 0.490 e. The van der Waals surface area contributed by atoms with Crippen molar-refractivity contribution in [2.45, 2.75) is 40.3 Å². The molecule has 186 valence electrons. The molecule has 0 fully saturated rings. The van der Waals surface area contributed by atoms with Crippen molar-refractivity contribution in [3.05, 3.63) is 81.0 Å². The molecule has 0 aliphatic rings. The molecule has 0 heterocycles. The Kier molecular flexibility index (Phi) is 9.81. The van der Waals surface area contributed by atoms with Gasteiger partial charge in [0.05, 0.1) is 11.6 Å². The van der Waals surface area contributed by atoms with E-state index in [9.17, 15) is 9.18 Å². The van der Waals surface area contributed by atoms with Gasteiger partial charge in [0, 0.05) is 34.4 Å². The number of hydrogen-bond donors (Lipinski definition) is 2. The third-order valence-electron chi connectivity index (χ3n) is 5.03. The molecule has 0 radical (unpaired) electrons. The van der Waals surface area contributed by atoms with Crippen molar-refractivity contribution in [2.75, 3.05) is 17.2 Å². The number of ether oxygens (including phenoxy) is 2. The van der Waals surface area contributed by atoms with Gasteiger partial charge < -0.3 is 20.1 Å². The van der Waals surface area contributed by atoms with E-state index >= 15 is 0 Å². The Labute approximate surface area is 219 Å². The molecular formula is C27H29BrClFN2O3. The highest BCUT2D eigenvalue weighted by molar-refractivity contribution is 9.10. The van der Waals surface area contributed by atoms with Gasteiger partial charge in [-0.15, -0.1) is 0 Å². The number of carbonyl (C=O) groups excluding carboxylic acids is 1. The summed E-state index contributed by atoms with van der Waals surface area (Å²) in [6, 6.07) is 15.6. The van der Waals surface area contributed by atoms with E-state index in [1.54, 1.807) is 6.07 Å². The van der Waals surface area contributed by atoms with Crippen molar-refractivity contribution < 1.29 is 18.7 Å². The molecule has 2 N–H and O–H groups in total. The van der Waals surface area contributed by atoms with Crippen LogP contribution in [0.25, 0.3) is 0 Å². The van der Waals surface area contributed by atoms with Gasteiger partial charge >= 0.3 is 0 Å². The molecule has 0 saturated carbocycles. The molecule has 0 spiro atoms. The molecule has 0 bridgehead atoms. The first-order chi connectivity index (χ1) is 16.7. The Morgan fingerprint density at radius 1 is 1.03 bits per heavy atom. The van der Waals surface area contributed by atoms with Gasteiger partial charge in [0.15, 0.2) is 11.5 Å². The minimum absolute atomic E-state index is 0.00114. The van der Waals surface area contributed by atoms with Gasteiger partial charge in [0.2, 0.25) is 5.91 Å². The highest BCUT2D eigenvalue weighted by Crippen LogP contribution is 2.35. The second-order valence-electron chi connectivity index (χ2n) is 8.43. The second kappa shape index (κ2) is 12.8. The lowest BCUT2D eigenvalue weighted by Crippen LogP contribution is -2.14. The van der Waals surface area contributed by atoms with Gasteiger partial charge in [-0.25, -0.2) is 4.39 Å². The van der Waals surface area contributed by atoms with Crippen molar-refractivity contribution in [2.24, 2.45) is 5.92 Å². The van der Waals surface area contributed by atoms with Crippen LogP contribution in [0.1, 0.15) is 38.3 Å². The molecule has 0 aliphatic carbocycles. The number of anilines is 2. The Balaban J connectivity index is 1.69. The molecule has 0 aromatic heterocycles. The molecule has 1 amide bonds. The van der Waals surface area contributed by atoms with Gasteiger partial charge in [-0.3, -0.25) is 4.79 Å². The number of amides is 1. The maximum absolute atomic E-state index is 13.3. The van der Waals surface area contributed by atoms with Gasteiger partial charge in [0.25, 0.3) is 0 Å². The van der Waals surface area contributed by atoms with Crippen LogP contribution in [0.5, 0.6) is 11.5 Å². The number of rotatable bonds is 11. The predicted octanol–water partition coefficient (Wildman–Crippen LogP) is 7.82.